The SMILES string of the molecule is OC(CNc1ccnc(Nc2cccc(Cl)c2)n1)c1cccc(F)c1. The molecule has 0 amide bonds. The second-order valence-electron chi connectivity index (χ2n) is 5.35. The Hall–Kier alpha value is -2.70. The Morgan fingerprint density at radius 2 is 1.96 bits per heavy atom. The Bertz CT molecular complexity index is 862. The molecule has 0 saturated heterocycles. The molecule has 128 valence electrons. The number of anilines is 3. The van der Waals surface area contributed by atoms with Crippen LogP contribution in [0.3, 0.4) is 0 Å². The molecule has 7 heteroatoms. The van der Waals surface area contributed by atoms with Gasteiger partial charge in [0.1, 0.15) is 11.6 Å². The summed E-state index contributed by atoms with van der Waals surface area (Å²) in [5, 5.41) is 16.8. The lowest BCUT2D eigenvalue weighted by Gasteiger charge is -2.13. The largest absolute Gasteiger partial charge is 0.387 e. The first-order chi connectivity index (χ1) is 12.1. The van der Waals surface area contributed by atoms with Gasteiger partial charge in [0.25, 0.3) is 0 Å². The molecule has 1 aromatic heterocycles. The lowest BCUT2D eigenvalue weighted by atomic mass is 10.1. The summed E-state index contributed by atoms with van der Waals surface area (Å²) in [7, 11) is 0. The van der Waals surface area contributed by atoms with Gasteiger partial charge in [-0.3, -0.25) is 0 Å². The quantitative estimate of drug-likeness (QED) is 0.617. The zero-order chi connectivity index (χ0) is 17.6. The minimum absolute atomic E-state index is 0.192. The third-order valence-electron chi connectivity index (χ3n) is 3.45. The lowest BCUT2D eigenvalue weighted by Crippen LogP contribution is -2.13. The van der Waals surface area contributed by atoms with Crippen LogP contribution >= 0.6 is 11.6 Å². The molecular formula is C18H16ClFN4O. The van der Waals surface area contributed by atoms with Gasteiger partial charge >= 0.3 is 0 Å². The van der Waals surface area contributed by atoms with Gasteiger partial charge in [-0.2, -0.15) is 4.98 Å². The zero-order valence-corrected chi connectivity index (χ0v) is 13.9. The van der Waals surface area contributed by atoms with Crippen molar-refractivity contribution >= 4 is 29.1 Å². The smallest absolute Gasteiger partial charge is 0.229 e. The van der Waals surface area contributed by atoms with Crippen molar-refractivity contribution in [1.82, 2.24) is 9.97 Å². The van der Waals surface area contributed by atoms with Gasteiger partial charge in [0.05, 0.1) is 6.10 Å². The molecule has 5 nitrogen and oxygen atoms in total. The van der Waals surface area contributed by atoms with Crippen molar-refractivity contribution in [3.63, 3.8) is 0 Å². The van der Waals surface area contributed by atoms with E-state index in [-0.39, 0.29) is 12.4 Å². The van der Waals surface area contributed by atoms with Crippen LogP contribution in [0.5, 0.6) is 0 Å². The molecule has 0 aliphatic heterocycles. The summed E-state index contributed by atoms with van der Waals surface area (Å²) in [5.74, 6) is 0.550. The van der Waals surface area contributed by atoms with Crippen molar-refractivity contribution in [2.24, 2.45) is 0 Å². The molecule has 3 rings (SSSR count). The molecule has 0 fully saturated rings. The molecule has 25 heavy (non-hydrogen) atoms. The number of aromatic nitrogens is 2. The molecule has 0 spiro atoms. The van der Waals surface area contributed by atoms with E-state index in [0.717, 1.165) is 5.69 Å². The van der Waals surface area contributed by atoms with Gasteiger partial charge in [-0.1, -0.05) is 29.8 Å². The standard InChI is InChI=1S/C18H16ClFN4O/c19-13-4-2-6-15(10-13)23-18-21-8-7-17(24-18)22-11-16(25)12-3-1-5-14(20)9-12/h1-10,16,25H,11H2,(H2,21,22,23,24). The fourth-order valence-corrected chi connectivity index (χ4v) is 2.44. The van der Waals surface area contributed by atoms with Crippen LogP contribution < -0.4 is 10.6 Å². The number of nitrogens with one attached hydrogen (secondary N) is 2. The summed E-state index contributed by atoms with van der Waals surface area (Å²) < 4.78 is 13.2. The van der Waals surface area contributed by atoms with Crippen molar-refractivity contribution in [1.29, 1.82) is 0 Å². The summed E-state index contributed by atoms with van der Waals surface area (Å²) in [6, 6.07) is 14.8. The molecule has 2 aromatic carbocycles. The van der Waals surface area contributed by atoms with E-state index >= 15 is 0 Å². The number of halogens is 2. The maximum atomic E-state index is 13.2. The molecule has 0 saturated carbocycles. The third kappa shape index (κ3) is 4.89. The molecule has 1 unspecified atom stereocenters. The van der Waals surface area contributed by atoms with E-state index in [0.29, 0.717) is 22.4 Å². The van der Waals surface area contributed by atoms with E-state index in [4.69, 9.17) is 11.6 Å². The van der Waals surface area contributed by atoms with Crippen LogP contribution in [0.25, 0.3) is 0 Å². The molecule has 0 aliphatic carbocycles. The highest BCUT2D eigenvalue weighted by Gasteiger charge is 2.09. The van der Waals surface area contributed by atoms with Crippen LogP contribution in [0, 0.1) is 5.82 Å². The molecule has 3 aromatic rings. The number of benzene rings is 2. The summed E-state index contributed by atoms with van der Waals surface area (Å²) in [4.78, 5) is 8.46. The molecule has 1 heterocycles. The van der Waals surface area contributed by atoms with Crippen molar-refractivity contribution in [2.75, 3.05) is 17.2 Å². The Morgan fingerprint density at radius 3 is 2.76 bits per heavy atom. The minimum atomic E-state index is -0.852. The third-order valence-corrected chi connectivity index (χ3v) is 3.68. The Morgan fingerprint density at radius 1 is 1.12 bits per heavy atom. The van der Waals surface area contributed by atoms with Crippen LogP contribution in [-0.4, -0.2) is 21.6 Å². The maximum Gasteiger partial charge on any atom is 0.229 e. The van der Waals surface area contributed by atoms with Crippen LogP contribution in [0.15, 0.2) is 60.8 Å². The predicted octanol–water partition coefficient (Wildman–Crippen LogP) is 4.16. The first-order valence-electron chi connectivity index (χ1n) is 7.63. The van der Waals surface area contributed by atoms with Gasteiger partial charge in [0.15, 0.2) is 0 Å². The van der Waals surface area contributed by atoms with E-state index in [1.165, 1.54) is 12.1 Å². The summed E-state index contributed by atoms with van der Waals surface area (Å²) in [6.45, 7) is 0.192. The normalized spacial score (nSPS) is 11.8. The van der Waals surface area contributed by atoms with Crippen molar-refractivity contribution in [3.8, 4) is 0 Å². The van der Waals surface area contributed by atoms with E-state index in [1.807, 2.05) is 12.1 Å². The molecule has 0 bridgehead atoms. The van der Waals surface area contributed by atoms with E-state index in [9.17, 15) is 9.50 Å². The summed E-state index contributed by atoms with van der Waals surface area (Å²) in [6.07, 6.45) is 0.742. The average molecular weight is 359 g/mol. The summed E-state index contributed by atoms with van der Waals surface area (Å²) >= 11 is 5.95. The van der Waals surface area contributed by atoms with E-state index in [2.05, 4.69) is 20.6 Å². The molecule has 0 aliphatic rings. The zero-order valence-electron chi connectivity index (χ0n) is 13.2. The average Bonchev–Trinajstić information content (AvgIpc) is 2.60. The van der Waals surface area contributed by atoms with E-state index < -0.39 is 6.10 Å². The molecule has 0 radical (unpaired) electrons. The molecular weight excluding hydrogens is 343 g/mol. The number of nitrogens with zero attached hydrogens (tertiary/aromatic N) is 2. The van der Waals surface area contributed by atoms with Crippen LogP contribution in [0.4, 0.5) is 21.8 Å². The topological polar surface area (TPSA) is 70.1 Å². The Labute approximate surface area is 149 Å². The highest BCUT2D eigenvalue weighted by molar-refractivity contribution is 6.30. The number of rotatable bonds is 6. The van der Waals surface area contributed by atoms with Gasteiger partial charge in [-0.25, -0.2) is 9.37 Å². The van der Waals surface area contributed by atoms with Crippen LogP contribution in [-0.2, 0) is 0 Å². The Kier molecular flexibility index (Phi) is 5.42. The van der Waals surface area contributed by atoms with Crippen LogP contribution in [0.2, 0.25) is 5.02 Å². The maximum absolute atomic E-state index is 13.2. The highest BCUT2D eigenvalue weighted by atomic mass is 35.5. The summed E-state index contributed by atoms with van der Waals surface area (Å²) in [5.41, 5.74) is 1.27. The fourth-order valence-electron chi connectivity index (χ4n) is 2.25. The van der Waals surface area contributed by atoms with Gasteiger partial charge in [0, 0.05) is 23.5 Å². The Balaban J connectivity index is 1.63. The monoisotopic (exact) mass is 358 g/mol. The van der Waals surface area contributed by atoms with Crippen molar-refractivity contribution < 1.29 is 9.50 Å². The van der Waals surface area contributed by atoms with Gasteiger partial charge in [-0.15, -0.1) is 0 Å². The molecule has 3 N–H and O–H groups in total. The van der Waals surface area contributed by atoms with Crippen molar-refractivity contribution in [2.45, 2.75) is 6.10 Å². The van der Waals surface area contributed by atoms with Crippen molar-refractivity contribution in [3.05, 3.63) is 77.2 Å². The van der Waals surface area contributed by atoms with Gasteiger partial charge < -0.3 is 15.7 Å². The van der Waals surface area contributed by atoms with Gasteiger partial charge in [0.2, 0.25) is 5.95 Å². The number of hydrogen-bond acceptors (Lipinski definition) is 5. The second-order valence-corrected chi connectivity index (χ2v) is 5.79. The minimum Gasteiger partial charge on any atom is -0.387 e. The number of aliphatic hydroxyl groups is 1. The van der Waals surface area contributed by atoms with E-state index in [1.54, 1.807) is 36.5 Å². The van der Waals surface area contributed by atoms with Gasteiger partial charge in [-0.05, 0) is 42.0 Å². The molecule has 1 atom stereocenters. The van der Waals surface area contributed by atoms with Crippen LogP contribution in [0.1, 0.15) is 11.7 Å². The lowest BCUT2D eigenvalue weighted by molar-refractivity contribution is 0.191. The first kappa shape index (κ1) is 17.1. The highest BCUT2D eigenvalue weighted by Crippen LogP contribution is 2.19. The number of aliphatic hydroxyl groups excluding tert-OH is 1. The second kappa shape index (κ2) is 7.92. The fraction of sp³-hybridized carbons (Fsp3) is 0.111. The number of hydrogen-bond donors (Lipinski definition) is 3. The predicted molar refractivity (Wildman–Crippen MR) is 96.6 cm³/mol. The first-order valence-corrected chi connectivity index (χ1v) is 8.01.